The number of hydrogen-bond donors (Lipinski definition) is 2. The van der Waals surface area contributed by atoms with Gasteiger partial charge in [-0.05, 0) is 31.4 Å². The summed E-state index contributed by atoms with van der Waals surface area (Å²) < 4.78 is 23.6. The summed E-state index contributed by atoms with van der Waals surface area (Å²) in [6.45, 7) is 3.30. The third-order valence-corrected chi connectivity index (χ3v) is 8.43. The zero-order valence-electron chi connectivity index (χ0n) is 25.3. The van der Waals surface area contributed by atoms with Crippen LogP contribution in [0.4, 0.5) is 0 Å². The Hall–Kier alpha value is -4.74. The van der Waals surface area contributed by atoms with Gasteiger partial charge < -0.3 is 38.5 Å². The molecule has 4 heterocycles. The zero-order valence-corrected chi connectivity index (χ0v) is 25.3. The number of hydrogen-bond acceptors (Lipinski definition) is 9. The number of benzene rings is 1. The van der Waals surface area contributed by atoms with Gasteiger partial charge in [-0.3, -0.25) is 14.4 Å². The van der Waals surface area contributed by atoms with Crippen molar-refractivity contribution in [1.82, 2.24) is 14.8 Å². The van der Waals surface area contributed by atoms with E-state index in [0.29, 0.717) is 30.9 Å². The smallest absolute Gasteiger partial charge is 0.343 e. The average molecular weight is 608 g/mol. The maximum absolute atomic E-state index is 13.3. The van der Waals surface area contributed by atoms with E-state index in [1.54, 1.807) is 24.3 Å². The van der Waals surface area contributed by atoms with Gasteiger partial charge in [0.25, 0.3) is 5.56 Å². The minimum absolute atomic E-state index is 0.0135. The van der Waals surface area contributed by atoms with Gasteiger partial charge in [0, 0.05) is 74.2 Å². The Kier molecular flexibility index (Phi) is 8.98. The number of aromatic hydroxyl groups is 1. The summed E-state index contributed by atoms with van der Waals surface area (Å²) in [6, 6.07) is 9.85. The second kappa shape index (κ2) is 12.9. The normalized spacial score (nSPS) is 17.8. The highest BCUT2D eigenvalue weighted by molar-refractivity contribution is 5.80. The summed E-state index contributed by atoms with van der Waals surface area (Å²) in [4.78, 5) is 53.5. The number of aryl methyl sites for hydroxylation is 1. The first-order valence-corrected chi connectivity index (χ1v) is 14.5. The standard InChI is InChI=1S/C32H37N3O9/c1-18-12-24(36)29(32(40)44-18)22(21-8-9-25(41-2)31(43-4)30(21)42-3)14-26(37)33-11-10-27(38)34-15-19-13-20(17-34)23-6-5-7-28(39)35(23)16-19/h5-9,12,19-20,22,36H,10-11,13-17H2,1-4H3,(H,33,37)/t19-,20+,22-/m1/s1. The summed E-state index contributed by atoms with van der Waals surface area (Å²) in [5, 5.41) is 13.6. The molecule has 3 aromatic rings. The van der Waals surface area contributed by atoms with Gasteiger partial charge in [0.05, 0.1) is 26.9 Å². The summed E-state index contributed by atoms with van der Waals surface area (Å²) in [5.74, 6) is -0.416. The Morgan fingerprint density at radius 3 is 2.52 bits per heavy atom. The number of aromatic nitrogens is 1. The fraction of sp³-hybridized carbons (Fsp3) is 0.438. The lowest BCUT2D eigenvalue weighted by Crippen LogP contribution is -2.49. The van der Waals surface area contributed by atoms with Crippen LogP contribution < -0.4 is 30.7 Å². The molecule has 1 fully saturated rings. The SMILES string of the molecule is COc1ccc([C@@H](CC(=O)NCCC(=O)N2C[C@H]3C[C@@H](C2)c2cccc(=O)n2C3)c2c(O)cc(C)oc2=O)c(OC)c1OC. The molecule has 1 saturated heterocycles. The Bertz CT molecular complexity index is 1680. The number of carbonyl (C=O) groups excluding carboxylic acids is 2. The van der Waals surface area contributed by atoms with Crippen LogP contribution in [0, 0.1) is 12.8 Å². The van der Waals surface area contributed by atoms with Crippen LogP contribution in [0.2, 0.25) is 0 Å². The molecule has 234 valence electrons. The Labute approximate surface area is 254 Å². The van der Waals surface area contributed by atoms with Gasteiger partial charge in [-0.2, -0.15) is 0 Å². The predicted octanol–water partition coefficient (Wildman–Crippen LogP) is 2.52. The maximum Gasteiger partial charge on any atom is 0.343 e. The van der Waals surface area contributed by atoms with Crippen molar-refractivity contribution in [3.8, 4) is 23.0 Å². The molecule has 0 radical (unpaired) electrons. The summed E-state index contributed by atoms with van der Waals surface area (Å²) in [5.41, 5.74) is 0.459. The van der Waals surface area contributed by atoms with Gasteiger partial charge in [-0.15, -0.1) is 0 Å². The van der Waals surface area contributed by atoms with E-state index < -0.39 is 17.5 Å². The Morgan fingerprint density at radius 2 is 1.82 bits per heavy atom. The summed E-state index contributed by atoms with van der Waals surface area (Å²) >= 11 is 0. The maximum atomic E-state index is 13.3. The van der Waals surface area contributed by atoms with Gasteiger partial charge in [0.15, 0.2) is 11.5 Å². The largest absolute Gasteiger partial charge is 0.507 e. The average Bonchev–Trinajstić information content (AvgIpc) is 2.99. The van der Waals surface area contributed by atoms with Crippen LogP contribution in [0.25, 0.3) is 0 Å². The minimum atomic E-state index is -0.970. The number of rotatable bonds is 10. The number of fused-ring (bicyclic) bond motifs is 4. The number of likely N-dealkylation sites (tertiary alicyclic amines) is 1. The van der Waals surface area contributed by atoms with Gasteiger partial charge >= 0.3 is 5.63 Å². The van der Waals surface area contributed by atoms with Crippen molar-refractivity contribution in [3.63, 3.8) is 0 Å². The second-order valence-electron chi connectivity index (χ2n) is 11.2. The molecule has 0 aliphatic carbocycles. The highest BCUT2D eigenvalue weighted by Gasteiger charge is 2.36. The minimum Gasteiger partial charge on any atom is -0.507 e. The van der Waals surface area contributed by atoms with Crippen molar-refractivity contribution < 1.29 is 33.3 Å². The van der Waals surface area contributed by atoms with E-state index in [4.69, 9.17) is 18.6 Å². The molecule has 2 aliphatic rings. The third kappa shape index (κ3) is 6.01. The lowest BCUT2D eigenvalue weighted by Gasteiger charge is -2.42. The van der Waals surface area contributed by atoms with Gasteiger partial charge in [0.2, 0.25) is 17.6 Å². The number of ether oxygens (including phenoxy) is 3. The van der Waals surface area contributed by atoms with E-state index in [2.05, 4.69) is 5.32 Å². The van der Waals surface area contributed by atoms with Gasteiger partial charge in [-0.25, -0.2) is 4.79 Å². The molecule has 2 aliphatic heterocycles. The quantitative estimate of drug-likeness (QED) is 0.355. The molecule has 0 saturated carbocycles. The van der Waals surface area contributed by atoms with Crippen LogP contribution in [-0.4, -0.2) is 67.4 Å². The van der Waals surface area contributed by atoms with Crippen LogP contribution >= 0.6 is 0 Å². The first-order chi connectivity index (χ1) is 21.1. The Balaban J connectivity index is 1.30. The van der Waals surface area contributed by atoms with Crippen molar-refractivity contribution in [2.45, 2.75) is 44.6 Å². The fourth-order valence-corrected chi connectivity index (χ4v) is 6.52. The topological polar surface area (TPSA) is 150 Å². The van der Waals surface area contributed by atoms with Crippen molar-refractivity contribution >= 4 is 11.8 Å². The Morgan fingerprint density at radius 1 is 1.05 bits per heavy atom. The van der Waals surface area contributed by atoms with Crippen molar-refractivity contribution in [2.24, 2.45) is 5.92 Å². The van der Waals surface area contributed by atoms with E-state index in [1.807, 2.05) is 15.5 Å². The molecule has 3 atom stereocenters. The summed E-state index contributed by atoms with van der Waals surface area (Å²) in [7, 11) is 4.33. The second-order valence-corrected chi connectivity index (χ2v) is 11.2. The van der Waals surface area contributed by atoms with Crippen LogP contribution in [-0.2, 0) is 16.1 Å². The molecule has 12 nitrogen and oxygen atoms in total. The van der Waals surface area contributed by atoms with E-state index in [1.165, 1.54) is 34.3 Å². The molecular formula is C32H37N3O9. The molecule has 2 aromatic heterocycles. The van der Waals surface area contributed by atoms with Crippen LogP contribution in [0.1, 0.15) is 53.7 Å². The first-order valence-electron chi connectivity index (χ1n) is 14.5. The zero-order chi connectivity index (χ0) is 31.5. The molecule has 44 heavy (non-hydrogen) atoms. The summed E-state index contributed by atoms with van der Waals surface area (Å²) in [6.07, 6.45) is 0.778. The highest BCUT2D eigenvalue weighted by Crippen LogP contribution is 2.46. The van der Waals surface area contributed by atoms with E-state index in [-0.39, 0.29) is 71.3 Å². The monoisotopic (exact) mass is 607 g/mol. The fourth-order valence-electron chi connectivity index (χ4n) is 6.52. The first kappa shape index (κ1) is 30.7. The van der Waals surface area contributed by atoms with E-state index >= 15 is 0 Å². The van der Waals surface area contributed by atoms with E-state index in [9.17, 15) is 24.3 Å². The predicted molar refractivity (Wildman–Crippen MR) is 160 cm³/mol. The number of amides is 2. The molecule has 0 unspecified atom stereocenters. The molecule has 2 amide bonds. The van der Waals surface area contributed by atoms with Crippen molar-refractivity contribution in [2.75, 3.05) is 41.0 Å². The van der Waals surface area contributed by atoms with Gasteiger partial charge in [-0.1, -0.05) is 12.1 Å². The van der Waals surface area contributed by atoms with Crippen LogP contribution in [0.15, 0.2) is 50.4 Å². The van der Waals surface area contributed by atoms with E-state index in [0.717, 1.165) is 12.1 Å². The number of methoxy groups -OCH3 is 3. The van der Waals surface area contributed by atoms with Crippen LogP contribution in [0.3, 0.4) is 0 Å². The highest BCUT2D eigenvalue weighted by atomic mass is 16.5. The number of nitrogens with zero attached hydrogens (tertiary/aromatic N) is 2. The molecule has 0 spiro atoms. The molecule has 2 N–H and O–H groups in total. The molecule has 1 aromatic carbocycles. The number of pyridine rings is 1. The number of nitrogens with one attached hydrogen (secondary N) is 1. The van der Waals surface area contributed by atoms with Crippen LogP contribution in [0.5, 0.6) is 23.0 Å². The lowest BCUT2D eigenvalue weighted by molar-refractivity contribution is -0.134. The number of piperidine rings is 1. The van der Waals surface area contributed by atoms with Crippen molar-refractivity contribution in [3.05, 3.63) is 79.8 Å². The third-order valence-electron chi connectivity index (χ3n) is 8.43. The molecule has 12 heteroatoms. The van der Waals surface area contributed by atoms with Gasteiger partial charge in [0.1, 0.15) is 11.5 Å². The molecule has 2 bridgehead atoms. The van der Waals surface area contributed by atoms with Crippen molar-refractivity contribution in [1.29, 1.82) is 0 Å². The molecular weight excluding hydrogens is 570 g/mol. The lowest BCUT2D eigenvalue weighted by atomic mass is 9.83. The molecule has 5 rings (SSSR count). The number of carbonyl (C=O) groups is 2.